The Balaban J connectivity index is 1.37. The number of benzene rings is 3. The van der Waals surface area contributed by atoms with Crippen LogP contribution in [0.25, 0.3) is 22.4 Å². The van der Waals surface area contributed by atoms with Crippen molar-refractivity contribution in [2.75, 3.05) is 0 Å². The average molecular weight is 526 g/mol. The normalized spacial score (nSPS) is 12.4. The summed E-state index contributed by atoms with van der Waals surface area (Å²) in [5, 5.41) is 15.7. The smallest absolute Gasteiger partial charge is 0.338 e. The first kappa shape index (κ1) is 26.2. The van der Waals surface area contributed by atoms with Gasteiger partial charge in [-0.3, -0.25) is 0 Å². The largest absolute Gasteiger partial charge is 0.457 e. The number of nitrogens with zero attached hydrogens (tertiary/aromatic N) is 3. The van der Waals surface area contributed by atoms with E-state index >= 15 is 0 Å². The van der Waals surface area contributed by atoms with Crippen LogP contribution in [0.5, 0.6) is 11.5 Å². The van der Waals surface area contributed by atoms with Crippen LogP contribution in [0.3, 0.4) is 0 Å². The second-order valence-corrected chi connectivity index (χ2v) is 10.5. The molecule has 1 atom stereocenters. The van der Waals surface area contributed by atoms with Crippen molar-refractivity contribution < 1.29 is 23.9 Å². The molecule has 0 aliphatic heterocycles. The molecule has 39 heavy (non-hydrogen) atoms. The Hall–Kier alpha value is -4.43. The maximum atomic E-state index is 12.7. The molecule has 3 aromatic carbocycles. The first-order valence-electron chi connectivity index (χ1n) is 12.8. The number of carbonyl (C=O) groups excluding carboxylic acids is 1. The molecule has 0 fully saturated rings. The van der Waals surface area contributed by atoms with Gasteiger partial charge in [-0.1, -0.05) is 35.5 Å². The van der Waals surface area contributed by atoms with Gasteiger partial charge in [-0.25, -0.2) is 4.79 Å². The zero-order valence-corrected chi connectivity index (χ0v) is 22.4. The fourth-order valence-corrected chi connectivity index (χ4v) is 4.37. The number of carbonyl (C=O) groups is 1. The molecule has 0 spiro atoms. The highest BCUT2D eigenvalue weighted by molar-refractivity contribution is 6.00. The summed E-state index contributed by atoms with van der Waals surface area (Å²) < 4.78 is 18.8. The molecule has 0 radical (unpaired) electrons. The van der Waals surface area contributed by atoms with Gasteiger partial charge in [0.1, 0.15) is 17.1 Å². The number of rotatable bonds is 8. The first-order valence-corrected chi connectivity index (χ1v) is 12.8. The number of esters is 1. The monoisotopic (exact) mass is 525 g/mol. The summed E-state index contributed by atoms with van der Waals surface area (Å²) in [7, 11) is 0. The van der Waals surface area contributed by atoms with Crippen molar-refractivity contribution in [2.45, 2.75) is 52.4 Å². The number of para-hydroxylation sites is 1. The predicted molar refractivity (Wildman–Crippen MR) is 148 cm³/mol. The average Bonchev–Trinajstić information content (AvgIpc) is 3.48. The Morgan fingerprint density at radius 1 is 1.03 bits per heavy atom. The number of aryl methyl sites for hydroxylation is 1. The highest BCUT2D eigenvalue weighted by atomic mass is 16.6. The van der Waals surface area contributed by atoms with E-state index in [-0.39, 0.29) is 0 Å². The molecule has 2 aromatic heterocycles. The Kier molecular flexibility index (Phi) is 7.21. The topological polar surface area (TPSA) is 99.6 Å². The third-order valence-electron chi connectivity index (χ3n) is 6.05. The summed E-state index contributed by atoms with van der Waals surface area (Å²) in [6.07, 6.45) is 1.66. The highest BCUT2D eigenvalue weighted by Crippen LogP contribution is 2.32. The minimum Gasteiger partial charge on any atom is -0.457 e. The molecule has 1 unspecified atom stereocenters. The van der Waals surface area contributed by atoms with Crippen molar-refractivity contribution in [3.8, 4) is 23.0 Å². The second-order valence-electron chi connectivity index (χ2n) is 10.5. The van der Waals surface area contributed by atoms with Crippen LogP contribution in [0, 0.1) is 6.92 Å². The second kappa shape index (κ2) is 10.7. The van der Waals surface area contributed by atoms with Gasteiger partial charge in [0.25, 0.3) is 5.89 Å². The molecule has 1 N–H and O–H groups in total. The van der Waals surface area contributed by atoms with Crippen LogP contribution in [0.4, 0.5) is 0 Å². The van der Waals surface area contributed by atoms with Gasteiger partial charge in [0.2, 0.25) is 0 Å². The molecule has 200 valence electrons. The molecule has 2 heterocycles. The van der Waals surface area contributed by atoms with E-state index in [1.165, 1.54) is 0 Å². The number of aromatic nitrogens is 3. The van der Waals surface area contributed by atoms with Crippen LogP contribution >= 0.6 is 0 Å². The van der Waals surface area contributed by atoms with Gasteiger partial charge in [-0.15, -0.1) is 0 Å². The summed E-state index contributed by atoms with van der Waals surface area (Å²) in [5.74, 6) is 1.95. The molecule has 0 aliphatic rings. The maximum absolute atomic E-state index is 12.7. The van der Waals surface area contributed by atoms with Gasteiger partial charge in [-0.2, -0.15) is 4.98 Å². The van der Waals surface area contributed by atoms with E-state index in [1.54, 1.807) is 19.1 Å². The van der Waals surface area contributed by atoms with Gasteiger partial charge in [0.15, 0.2) is 5.82 Å². The SMILES string of the molecule is Cc1noc(-c2cn(CC(O)Cc3ccc(Oc4ccccc4)cc3)c3ccc(C(=O)OC(C)(C)C)cc23)n1. The van der Waals surface area contributed by atoms with Crippen LogP contribution in [-0.2, 0) is 17.7 Å². The summed E-state index contributed by atoms with van der Waals surface area (Å²) >= 11 is 0. The van der Waals surface area contributed by atoms with E-state index in [9.17, 15) is 9.90 Å². The Bertz CT molecular complexity index is 1580. The highest BCUT2D eigenvalue weighted by Gasteiger charge is 2.22. The van der Waals surface area contributed by atoms with E-state index in [0.717, 1.165) is 28.0 Å². The summed E-state index contributed by atoms with van der Waals surface area (Å²) in [4.78, 5) is 17.1. The number of ether oxygens (including phenoxy) is 2. The molecule has 0 amide bonds. The predicted octanol–water partition coefficient (Wildman–Crippen LogP) is 6.35. The molecule has 0 saturated heterocycles. The number of hydrogen-bond acceptors (Lipinski definition) is 7. The van der Waals surface area contributed by atoms with Gasteiger partial charge in [0.05, 0.1) is 17.2 Å². The molecule has 5 rings (SSSR count). The van der Waals surface area contributed by atoms with Crippen molar-refractivity contribution in [2.24, 2.45) is 0 Å². The van der Waals surface area contributed by atoms with Crippen LogP contribution in [0.15, 0.2) is 83.5 Å². The van der Waals surface area contributed by atoms with Crippen LogP contribution in [-0.4, -0.2) is 37.5 Å². The lowest BCUT2D eigenvalue weighted by Gasteiger charge is -2.19. The van der Waals surface area contributed by atoms with Crippen LogP contribution in [0.1, 0.15) is 42.5 Å². The first-order chi connectivity index (χ1) is 18.6. The summed E-state index contributed by atoms with van der Waals surface area (Å²) in [6.45, 7) is 7.57. The van der Waals surface area contributed by atoms with E-state index in [0.29, 0.717) is 35.8 Å². The van der Waals surface area contributed by atoms with E-state index in [4.69, 9.17) is 14.0 Å². The number of fused-ring (bicyclic) bond motifs is 1. The van der Waals surface area contributed by atoms with Crippen molar-refractivity contribution in [1.29, 1.82) is 0 Å². The molecule has 0 aliphatic carbocycles. The molecule has 0 saturated carbocycles. The number of aliphatic hydroxyl groups is 1. The molecule has 8 heteroatoms. The maximum Gasteiger partial charge on any atom is 0.338 e. The fraction of sp³-hybridized carbons (Fsp3) is 0.258. The van der Waals surface area contributed by atoms with Gasteiger partial charge in [0, 0.05) is 30.1 Å². The minimum atomic E-state index is -0.663. The standard InChI is InChI=1S/C31H31N3O5/c1-20-32-29(39-33-20)27-19-34(28-15-12-22(17-26(27)28)30(36)38-31(2,3)4)18-23(35)16-21-10-13-25(14-11-21)37-24-8-6-5-7-9-24/h5-15,17,19,23,35H,16,18H2,1-4H3. The zero-order valence-electron chi connectivity index (χ0n) is 22.4. The number of aliphatic hydroxyl groups excluding tert-OH is 1. The minimum absolute atomic E-state index is 0.331. The fourth-order valence-electron chi connectivity index (χ4n) is 4.37. The molecule has 8 nitrogen and oxygen atoms in total. The summed E-state index contributed by atoms with van der Waals surface area (Å²) in [6, 6.07) is 22.6. The Morgan fingerprint density at radius 2 is 1.74 bits per heavy atom. The van der Waals surface area contributed by atoms with E-state index < -0.39 is 17.7 Å². The molecular formula is C31H31N3O5. The number of hydrogen-bond donors (Lipinski definition) is 1. The third kappa shape index (κ3) is 6.35. The quantitative estimate of drug-likeness (QED) is 0.236. The molecular weight excluding hydrogens is 494 g/mol. The lowest BCUT2D eigenvalue weighted by molar-refractivity contribution is 0.00696. The van der Waals surface area contributed by atoms with E-state index in [2.05, 4.69) is 10.1 Å². The van der Waals surface area contributed by atoms with Crippen molar-refractivity contribution in [3.63, 3.8) is 0 Å². The lowest BCUT2D eigenvalue weighted by atomic mass is 10.1. The summed E-state index contributed by atoms with van der Waals surface area (Å²) in [5.41, 5.74) is 2.32. The van der Waals surface area contributed by atoms with Crippen molar-refractivity contribution >= 4 is 16.9 Å². The molecule has 0 bridgehead atoms. The Labute approximate surface area is 226 Å². The third-order valence-corrected chi connectivity index (χ3v) is 6.05. The van der Waals surface area contributed by atoms with Crippen LogP contribution < -0.4 is 4.74 Å². The van der Waals surface area contributed by atoms with Crippen molar-refractivity contribution in [1.82, 2.24) is 14.7 Å². The van der Waals surface area contributed by atoms with Gasteiger partial charge in [-0.05, 0) is 75.7 Å². The van der Waals surface area contributed by atoms with Crippen LogP contribution in [0.2, 0.25) is 0 Å². The Morgan fingerprint density at radius 3 is 2.41 bits per heavy atom. The zero-order chi connectivity index (χ0) is 27.6. The van der Waals surface area contributed by atoms with Gasteiger partial charge >= 0.3 is 5.97 Å². The van der Waals surface area contributed by atoms with Crippen molar-refractivity contribution in [3.05, 3.63) is 95.9 Å². The van der Waals surface area contributed by atoms with Gasteiger partial charge < -0.3 is 23.7 Å². The van der Waals surface area contributed by atoms with E-state index in [1.807, 2.05) is 92.2 Å². The molecule has 5 aromatic rings. The lowest BCUT2D eigenvalue weighted by Crippen LogP contribution is -2.23.